The predicted molar refractivity (Wildman–Crippen MR) is 102 cm³/mol. The first kappa shape index (κ1) is 16.6. The van der Waals surface area contributed by atoms with Gasteiger partial charge in [0.15, 0.2) is 0 Å². The molecule has 1 aliphatic rings. The zero-order chi connectivity index (χ0) is 16.8. The summed E-state index contributed by atoms with van der Waals surface area (Å²) in [5, 5.41) is 0. The molecule has 3 rings (SSSR count). The molecule has 0 radical (unpaired) electrons. The van der Waals surface area contributed by atoms with Gasteiger partial charge in [0.25, 0.3) is 0 Å². The second-order valence-electron chi connectivity index (χ2n) is 6.22. The number of hydrogen-bond acceptors (Lipinski definition) is 3. The zero-order valence-electron chi connectivity index (χ0n) is 14.6. The van der Waals surface area contributed by atoms with Crippen molar-refractivity contribution in [3.8, 4) is 5.75 Å². The molecule has 0 N–H and O–H groups in total. The van der Waals surface area contributed by atoms with Crippen LogP contribution in [0.25, 0.3) is 6.08 Å². The van der Waals surface area contributed by atoms with Crippen molar-refractivity contribution in [2.75, 3.05) is 44.7 Å². The number of nitrogens with zero attached hydrogens (tertiary/aromatic N) is 2. The van der Waals surface area contributed by atoms with Crippen LogP contribution in [0.15, 0.2) is 54.6 Å². The zero-order valence-corrected chi connectivity index (χ0v) is 14.6. The second kappa shape index (κ2) is 8.02. The van der Waals surface area contributed by atoms with Gasteiger partial charge in [0.2, 0.25) is 0 Å². The minimum Gasteiger partial charge on any atom is -0.496 e. The fraction of sp³-hybridized carbons (Fsp3) is 0.333. The molecule has 2 aromatic rings. The molecule has 1 fully saturated rings. The van der Waals surface area contributed by atoms with Crippen LogP contribution in [0.3, 0.4) is 0 Å². The van der Waals surface area contributed by atoms with Crippen molar-refractivity contribution in [1.82, 2.24) is 4.90 Å². The Morgan fingerprint density at radius 2 is 1.67 bits per heavy atom. The number of aryl methyl sites for hydroxylation is 1. The van der Waals surface area contributed by atoms with E-state index < -0.39 is 0 Å². The second-order valence-corrected chi connectivity index (χ2v) is 6.22. The Bertz CT molecular complexity index is 688. The lowest BCUT2D eigenvalue weighted by molar-refractivity contribution is 0.284. The van der Waals surface area contributed by atoms with E-state index in [4.69, 9.17) is 4.74 Å². The first-order valence-corrected chi connectivity index (χ1v) is 8.60. The molecule has 0 atom stereocenters. The van der Waals surface area contributed by atoms with E-state index in [0.29, 0.717) is 0 Å². The quantitative estimate of drug-likeness (QED) is 0.832. The van der Waals surface area contributed by atoms with Gasteiger partial charge in [-0.2, -0.15) is 0 Å². The Morgan fingerprint density at radius 1 is 0.958 bits per heavy atom. The predicted octanol–water partition coefficient (Wildman–Crippen LogP) is 3.84. The number of benzene rings is 2. The molecule has 3 heteroatoms. The van der Waals surface area contributed by atoms with Crippen LogP contribution < -0.4 is 9.64 Å². The van der Waals surface area contributed by atoms with E-state index in [2.05, 4.69) is 59.2 Å². The largest absolute Gasteiger partial charge is 0.496 e. The van der Waals surface area contributed by atoms with Crippen LogP contribution in [0.2, 0.25) is 0 Å². The smallest absolute Gasteiger partial charge is 0.126 e. The number of para-hydroxylation sites is 2. The summed E-state index contributed by atoms with van der Waals surface area (Å²) in [6.07, 6.45) is 4.40. The molecular formula is C21H26N2O. The van der Waals surface area contributed by atoms with E-state index in [0.717, 1.165) is 44.0 Å². The minimum atomic E-state index is 0.929. The fourth-order valence-electron chi connectivity index (χ4n) is 3.22. The molecule has 2 aromatic carbocycles. The molecule has 126 valence electrons. The fourth-order valence-corrected chi connectivity index (χ4v) is 3.22. The lowest BCUT2D eigenvalue weighted by atomic mass is 10.1. The molecular weight excluding hydrogens is 296 g/mol. The summed E-state index contributed by atoms with van der Waals surface area (Å²) in [6, 6.07) is 16.8. The molecule has 1 heterocycles. The number of hydrogen-bond donors (Lipinski definition) is 0. The van der Waals surface area contributed by atoms with Crippen molar-refractivity contribution in [3.05, 3.63) is 65.7 Å². The van der Waals surface area contributed by atoms with E-state index in [1.54, 1.807) is 7.11 Å². The Labute approximate surface area is 145 Å². The van der Waals surface area contributed by atoms with Crippen LogP contribution in [0, 0.1) is 6.92 Å². The molecule has 24 heavy (non-hydrogen) atoms. The topological polar surface area (TPSA) is 15.7 Å². The molecule has 0 amide bonds. The highest BCUT2D eigenvalue weighted by Gasteiger charge is 2.17. The maximum absolute atomic E-state index is 5.39. The van der Waals surface area contributed by atoms with Crippen LogP contribution >= 0.6 is 0 Å². The van der Waals surface area contributed by atoms with Crippen LogP contribution in [-0.2, 0) is 0 Å². The van der Waals surface area contributed by atoms with E-state index in [9.17, 15) is 0 Å². The Hall–Kier alpha value is -2.26. The molecule has 1 aliphatic heterocycles. The van der Waals surface area contributed by atoms with Crippen molar-refractivity contribution in [2.24, 2.45) is 0 Å². The SMILES string of the molecule is COc1ccccc1/C=C/CN1CCN(c2ccccc2C)CC1. The summed E-state index contributed by atoms with van der Waals surface area (Å²) >= 11 is 0. The number of piperazine rings is 1. The summed E-state index contributed by atoms with van der Waals surface area (Å²) in [4.78, 5) is 5.00. The Balaban J connectivity index is 1.52. The highest BCUT2D eigenvalue weighted by molar-refractivity contribution is 5.57. The molecule has 3 nitrogen and oxygen atoms in total. The maximum atomic E-state index is 5.39. The van der Waals surface area contributed by atoms with Gasteiger partial charge in [-0.1, -0.05) is 48.6 Å². The standard InChI is InChI=1S/C21H26N2O/c1-18-8-3-5-11-20(18)23-16-14-22(15-17-23)13-7-10-19-9-4-6-12-21(19)24-2/h3-12H,13-17H2,1-2H3/b10-7+. The highest BCUT2D eigenvalue weighted by atomic mass is 16.5. The molecule has 0 unspecified atom stereocenters. The first-order valence-electron chi connectivity index (χ1n) is 8.60. The van der Waals surface area contributed by atoms with E-state index in [1.165, 1.54) is 11.3 Å². The maximum Gasteiger partial charge on any atom is 0.126 e. The number of methoxy groups -OCH3 is 1. The first-order chi connectivity index (χ1) is 11.8. The lowest BCUT2D eigenvalue weighted by Gasteiger charge is -2.36. The summed E-state index contributed by atoms with van der Waals surface area (Å²) in [5.74, 6) is 0.929. The van der Waals surface area contributed by atoms with Gasteiger partial charge in [0, 0.05) is 44.0 Å². The lowest BCUT2D eigenvalue weighted by Crippen LogP contribution is -2.46. The third kappa shape index (κ3) is 3.98. The van der Waals surface area contributed by atoms with Gasteiger partial charge in [0.1, 0.15) is 5.75 Å². The van der Waals surface area contributed by atoms with E-state index in [1.807, 2.05) is 18.2 Å². The molecule has 1 saturated heterocycles. The van der Waals surface area contributed by atoms with Gasteiger partial charge in [0.05, 0.1) is 7.11 Å². The summed E-state index contributed by atoms with van der Waals surface area (Å²) in [5.41, 5.74) is 3.88. The summed E-state index contributed by atoms with van der Waals surface area (Å²) < 4.78 is 5.39. The van der Waals surface area contributed by atoms with E-state index in [-0.39, 0.29) is 0 Å². The average molecular weight is 322 g/mol. The third-order valence-corrected chi connectivity index (χ3v) is 4.63. The molecule has 0 bridgehead atoms. The monoisotopic (exact) mass is 322 g/mol. The van der Waals surface area contributed by atoms with Gasteiger partial charge in [-0.3, -0.25) is 4.90 Å². The summed E-state index contributed by atoms with van der Waals surface area (Å²) in [6.45, 7) is 7.56. The molecule has 0 spiro atoms. The van der Waals surface area contributed by atoms with Gasteiger partial charge in [-0.15, -0.1) is 0 Å². The van der Waals surface area contributed by atoms with Gasteiger partial charge in [-0.25, -0.2) is 0 Å². The Morgan fingerprint density at radius 3 is 2.42 bits per heavy atom. The van der Waals surface area contributed by atoms with Crippen molar-refractivity contribution in [3.63, 3.8) is 0 Å². The number of anilines is 1. The average Bonchev–Trinajstić information content (AvgIpc) is 2.63. The molecule has 0 saturated carbocycles. The Kier molecular flexibility index (Phi) is 5.55. The molecule has 0 aromatic heterocycles. The van der Waals surface area contributed by atoms with Crippen LogP contribution in [0.4, 0.5) is 5.69 Å². The van der Waals surface area contributed by atoms with Crippen molar-refractivity contribution >= 4 is 11.8 Å². The third-order valence-electron chi connectivity index (χ3n) is 4.63. The molecule has 0 aliphatic carbocycles. The van der Waals surface area contributed by atoms with Gasteiger partial charge >= 0.3 is 0 Å². The van der Waals surface area contributed by atoms with Crippen molar-refractivity contribution in [1.29, 1.82) is 0 Å². The van der Waals surface area contributed by atoms with E-state index >= 15 is 0 Å². The van der Waals surface area contributed by atoms with Gasteiger partial charge < -0.3 is 9.64 Å². The van der Waals surface area contributed by atoms with Crippen LogP contribution in [0.5, 0.6) is 5.75 Å². The van der Waals surface area contributed by atoms with Gasteiger partial charge in [-0.05, 0) is 24.6 Å². The number of rotatable bonds is 5. The minimum absolute atomic E-state index is 0.929. The number of ether oxygens (including phenoxy) is 1. The highest BCUT2D eigenvalue weighted by Crippen LogP contribution is 2.21. The van der Waals surface area contributed by atoms with Crippen LogP contribution in [0.1, 0.15) is 11.1 Å². The normalized spacial score (nSPS) is 15.8. The van der Waals surface area contributed by atoms with Crippen molar-refractivity contribution in [2.45, 2.75) is 6.92 Å². The van der Waals surface area contributed by atoms with Crippen molar-refractivity contribution < 1.29 is 4.74 Å². The van der Waals surface area contributed by atoms with Crippen LogP contribution in [-0.4, -0.2) is 44.7 Å². The summed E-state index contributed by atoms with van der Waals surface area (Å²) in [7, 11) is 1.72.